The molecule has 2 heterocycles. The molecule has 4 rings (SSSR count). The Morgan fingerprint density at radius 1 is 1.22 bits per heavy atom. The van der Waals surface area contributed by atoms with E-state index in [9.17, 15) is 14.3 Å². The highest BCUT2D eigenvalue weighted by Crippen LogP contribution is 2.33. The third-order valence-corrected chi connectivity index (χ3v) is 4.60. The monoisotopic (exact) mass is 368 g/mol. The van der Waals surface area contributed by atoms with Gasteiger partial charge in [0.05, 0.1) is 17.1 Å². The average Bonchev–Trinajstić information content (AvgIpc) is 3.09. The number of rotatable bonds is 3. The summed E-state index contributed by atoms with van der Waals surface area (Å²) >= 11 is 0. The van der Waals surface area contributed by atoms with E-state index < -0.39 is 11.9 Å². The molecule has 1 amide bonds. The Morgan fingerprint density at radius 2 is 2.04 bits per heavy atom. The quantitative estimate of drug-likeness (QED) is 0.657. The molecule has 3 aromatic rings. The molecule has 0 spiro atoms. The van der Waals surface area contributed by atoms with Crippen molar-refractivity contribution in [3.63, 3.8) is 0 Å². The number of aromatic nitrogens is 2. The van der Waals surface area contributed by atoms with Gasteiger partial charge in [0.25, 0.3) is 0 Å². The molecule has 2 aromatic carbocycles. The number of amides is 1. The number of nitrogens with zero attached hydrogens (tertiary/aromatic N) is 3. The van der Waals surface area contributed by atoms with Gasteiger partial charge in [-0.1, -0.05) is 12.1 Å². The van der Waals surface area contributed by atoms with E-state index >= 15 is 0 Å². The van der Waals surface area contributed by atoms with E-state index in [1.807, 2.05) is 4.90 Å². The van der Waals surface area contributed by atoms with Crippen molar-refractivity contribution in [2.45, 2.75) is 12.5 Å². The lowest BCUT2D eigenvalue weighted by Crippen LogP contribution is -2.36. The van der Waals surface area contributed by atoms with Gasteiger partial charge in [0.15, 0.2) is 5.82 Å². The van der Waals surface area contributed by atoms with Crippen LogP contribution in [0.3, 0.4) is 0 Å². The van der Waals surface area contributed by atoms with Gasteiger partial charge in [-0.3, -0.25) is 0 Å². The Hall–Kier alpha value is -3.42. The number of halogens is 1. The highest BCUT2D eigenvalue weighted by atomic mass is 19.1. The van der Waals surface area contributed by atoms with Crippen molar-refractivity contribution in [3.8, 4) is 17.1 Å². The first-order valence-electron chi connectivity index (χ1n) is 8.51. The van der Waals surface area contributed by atoms with E-state index in [-0.39, 0.29) is 11.8 Å². The van der Waals surface area contributed by atoms with Crippen molar-refractivity contribution >= 4 is 22.8 Å². The second-order valence-electron chi connectivity index (χ2n) is 6.43. The maximum atomic E-state index is 13.8. The molecular formula is C19H17FN4O3. The Morgan fingerprint density at radius 3 is 2.81 bits per heavy atom. The van der Waals surface area contributed by atoms with Crippen LogP contribution in [0.25, 0.3) is 22.3 Å². The topological polar surface area (TPSA) is 98.6 Å². The number of hydrogen-bond acceptors (Lipinski definition) is 5. The predicted octanol–water partition coefficient (Wildman–Crippen LogP) is 2.99. The maximum absolute atomic E-state index is 13.8. The number of aromatic hydroxyl groups is 1. The Bertz CT molecular complexity index is 1030. The molecule has 1 aliphatic rings. The van der Waals surface area contributed by atoms with E-state index in [1.54, 1.807) is 30.3 Å². The summed E-state index contributed by atoms with van der Waals surface area (Å²) in [6.45, 7) is 1.00. The SMILES string of the molecule is O=C(O)N[C@@H]1CCN(c2nc(-c3ccccc3O)nc3ccc(F)cc23)C1. The van der Waals surface area contributed by atoms with E-state index in [0.717, 1.165) is 0 Å². The zero-order chi connectivity index (χ0) is 19.0. The van der Waals surface area contributed by atoms with Crippen LogP contribution in [0.15, 0.2) is 42.5 Å². The first-order valence-corrected chi connectivity index (χ1v) is 8.51. The fourth-order valence-corrected chi connectivity index (χ4v) is 3.35. The molecule has 8 heteroatoms. The molecule has 1 saturated heterocycles. The largest absolute Gasteiger partial charge is 0.507 e. The number of para-hydroxylation sites is 1. The molecule has 0 saturated carbocycles. The number of anilines is 1. The molecule has 0 aliphatic carbocycles. The van der Waals surface area contributed by atoms with E-state index in [1.165, 1.54) is 12.1 Å². The van der Waals surface area contributed by atoms with Crippen molar-refractivity contribution in [2.75, 3.05) is 18.0 Å². The molecule has 1 fully saturated rings. The average molecular weight is 368 g/mol. The predicted molar refractivity (Wildman–Crippen MR) is 98.4 cm³/mol. The molecule has 1 aromatic heterocycles. The number of fused-ring (bicyclic) bond motifs is 1. The standard InChI is InChI=1S/C19H17FN4O3/c20-11-5-6-15-14(9-11)18(24-8-7-12(10-24)21-19(26)27)23-17(22-15)13-3-1-2-4-16(13)25/h1-6,9,12,21,25H,7-8,10H2,(H,26,27)/t12-/m1/s1. The molecule has 1 aliphatic heterocycles. The number of benzene rings is 2. The molecule has 138 valence electrons. The molecular weight excluding hydrogens is 351 g/mol. The molecule has 0 unspecified atom stereocenters. The van der Waals surface area contributed by atoms with Crippen LogP contribution in [-0.2, 0) is 0 Å². The van der Waals surface area contributed by atoms with Crippen molar-refractivity contribution in [1.29, 1.82) is 0 Å². The maximum Gasteiger partial charge on any atom is 0.404 e. The van der Waals surface area contributed by atoms with Gasteiger partial charge < -0.3 is 20.4 Å². The van der Waals surface area contributed by atoms with Crippen LogP contribution >= 0.6 is 0 Å². The second kappa shape index (κ2) is 6.71. The van der Waals surface area contributed by atoms with E-state index in [2.05, 4.69) is 15.3 Å². The van der Waals surface area contributed by atoms with Crippen molar-refractivity contribution in [1.82, 2.24) is 15.3 Å². The minimum Gasteiger partial charge on any atom is -0.507 e. The summed E-state index contributed by atoms with van der Waals surface area (Å²) in [5, 5.41) is 22.1. The van der Waals surface area contributed by atoms with Crippen LogP contribution < -0.4 is 10.2 Å². The smallest absolute Gasteiger partial charge is 0.404 e. The third kappa shape index (κ3) is 3.33. The zero-order valence-corrected chi connectivity index (χ0v) is 14.3. The summed E-state index contributed by atoms with van der Waals surface area (Å²) in [4.78, 5) is 21.9. The normalized spacial score (nSPS) is 16.6. The van der Waals surface area contributed by atoms with E-state index in [0.29, 0.717) is 47.6 Å². The fraction of sp³-hybridized carbons (Fsp3) is 0.211. The lowest BCUT2D eigenvalue weighted by molar-refractivity contribution is 0.191. The Balaban J connectivity index is 1.82. The highest BCUT2D eigenvalue weighted by Gasteiger charge is 2.27. The second-order valence-corrected chi connectivity index (χ2v) is 6.43. The Labute approximate surface area is 154 Å². The van der Waals surface area contributed by atoms with Gasteiger partial charge in [-0.05, 0) is 36.8 Å². The minimum absolute atomic E-state index is 0.0526. The van der Waals surface area contributed by atoms with Gasteiger partial charge in [-0.2, -0.15) is 0 Å². The fourth-order valence-electron chi connectivity index (χ4n) is 3.35. The molecule has 0 bridgehead atoms. The van der Waals surface area contributed by atoms with Crippen LogP contribution in [-0.4, -0.2) is 45.4 Å². The van der Waals surface area contributed by atoms with Gasteiger partial charge in [-0.25, -0.2) is 19.2 Å². The number of phenols is 1. The number of carbonyl (C=O) groups is 1. The number of hydrogen-bond donors (Lipinski definition) is 3. The van der Waals surface area contributed by atoms with Crippen LogP contribution in [0.2, 0.25) is 0 Å². The van der Waals surface area contributed by atoms with E-state index in [4.69, 9.17) is 5.11 Å². The molecule has 27 heavy (non-hydrogen) atoms. The molecule has 3 N–H and O–H groups in total. The highest BCUT2D eigenvalue weighted by molar-refractivity contribution is 5.91. The number of carboxylic acid groups (broad SMARTS) is 1. The van der Waals surface area contributed by atoms with Crippen LogP contribution in [0.5, 0.6) is 5.75 Å². The van der Waals surface area contributed by atoms with Gasteiger partial charge >= 0.3 is 6.09 Å². The molecule has 0 radical (unpaired) electrons. The van der Waals surface area contributed by atoms with Crippen molar-refractivity contribution < 1.29 is 19.4 Å². The molecule has 7 nitrogen and oxygen atoms in total. The molecule has 1 atom stereocenters. The minimum atomic E-state index is -1.07. The summed E-state index contributed by atoms with van der Waals surface area (Å²) in [6.07, 6.45) is -0.450. The first-order chi connectivity index (χ1) is 13.0. The summed E-state index contributed by atoms with van der Waals surface area (Å²) in [7, 11) is 0. The third-order valence-electron chi connectivity index (χ3n) is 4.60. The summed E-state index contributed by atoms with van der Waals surface area (Å²) in [6, 6.07) is 10.8. The van der Waals surface area contributed by atoms with Crippen molar-refractivity contribution in [2.24, 2.45) is 0 Å². The summed E-state index contributed by atoms with van der Waals surface area (Å²) in [5.74, 6) is 0.503. The number of nitrogens with one attached hydrogen (secondary N) is 1. The zero-order valence-electron chi connectivity index (χ0n) is 14.3. The summed E-state index contributed by atoms with van der Waals surface area (Å²) in [5.41, 5.74) is 1.03. The Kier molecular flexibility index (Phi) is 4.23. The lowest BCUT2D eigenvalue weighted by Gasteiger charge is -2.20. The summed E-state index contributed by atoms with van der Waals surface area (Å²) < 4.78 is 13.8. The first kappa shape index (κ1) is 17.0. The van der Waals surface area contributed by atoms with Gasteiger partial charge in [0, 0.05) is 18.5 Å². The van der Waals surface area contributed by atoms with Gasteiger partial charge in [0.1, 0.15) is 17.4 Å². The van der Waals surface area contributed by atoms with Crippen LogP contribution in [0.4, 0.5) is 15.0 Å². The lowest BCUT2D eigenvalue weighted by atomic mass is 10.1. The van der Waals surface area contributed by atoms with Crippen LogP contribution in [0.1, 0.15) is 6.42 Å². The van der Waals surface area contributed by atoms with Gasteiger partial charge in [-0.15, -0.1) is 0 Å². The number of phenolic OH excluding ortho intramolecular Hbond substituents is 1. The van der Waals surface area contributed by atoms with Crippen molar-refractivity contribution in [3.05, 3.63) is 48.3 Å². The van der Waals surface area contributed by atoms with Crippen LogP contribution in [0, 0.1) is 5.82 Å². The van der Waals surface area contributed by atoms with Gasteiger partial charge in [0.2, 0.25) is 0 Å².